The Morgan fingerprint density at radius 3 is 2.58 bits per heavy atom. The van der Waals surface area contributed by atoms with E-state index in [2.05, 4.69) is 15.5 Å². The molecule has 1 saturated heterocycles. The maximum atomic E-state index is 12.1. The van der Waals surface area contributed by atoms with E-state index in [1.165, 1.54) is 0 Å². The summed E-state index contributed by atoms with van der Waals surface area (Å²) in [6, 6.07) is 11.3. The standard InChI is InChI=1S/C19H22N4O3/c1-13-3-2-4-14(11-13)12-18(24)20-16-5-6-17(22-21-16)23-9-7-15(8-10-23)19(25)26/h2-6,11,15H,7-10,12H2,1H3,(H,25,26)(H,20,21,24). The Morgan fingerprint density at radius 2 is 1.96 bits per heavy atom. The van der Waals surface area contributed by atoms with Crippen LogP contribution in [0, 0.1) is 12.8 Å². The molecule has 0 aliphatic carbocycles. The first-order chi connectivity index (χ1) is 12.5. The van der Waals surface area contributed by atoms with E-state index >= 15 is 0 Å². The smallest absolute Gasteiger partial charge is 0.306 e. The summed E-state index contributed by atoms with van der Waals surface area (Å²) in [7, 11) is 0. The highest BCUT2D eigenvalue weighted by Gasteiger charge is 2.25. The molecule has 26 heavy (non-hydrogen) atoms. The molecule has 0 unspecified atom stereocenters. The van der Waals surface area contributed by atoms with Crippen molar-refractivity contribution >= 4 is 23.5 Å². The lowest BCUT2D eigenvalue weighted by molar-refractivity contribution is -0.142. The Kier molecular flexibility index (Phi) is 5.46. The van der Waals surface area contributed by atoms with Crippen LogP contribution in [-0.4, -0.2) is 40.3 Å². The summed E-state index contributed by atoms with van der Waals surface area (Å²) in [5.41, 5.74) is 2.07. The molecule has 7 heteroatoms. The quantitative estimate of drug-likeness (QED) is 0.855. The van der Waals surface area contributed by atoms with Gasteiger partial charge >= 0.3 is 5.97 Å². The number of carbonyl (C=O) groups excluding carboxylic acids is 1. The molecule has 2 heterocycles. The number of amides is 1. The lowest BCUT2D eigenvalue weighted by Gasteiger charge is -2.30. The minimum absolute atomic E-state index is 0.139. The van der Waals surface area contributed by atoms with Crippen molar-refractivity contribution in [1.29, 1.82) is 0 Å². The predicted molar refractivity (Wildman–Crippen MR) is 98.1 cm³/mol. The van der Waals surface area contributed by atoms with Gasteiger partial charge in [-0.2, -0.15) is 0 Å². The third kappa shape index (κ3) is 4.56. The molecular weight excluding hydrogens is 332 g/mol. The number of piperidine rings is 1. The third-order valence-corrected chi connectivity index (χ3v) is 4.53. The second-order valence-electron chi connectivity index (χ2n) is 6.59. The zero-order valence-corrected chi connectivity index (χ0v) is 14.7. The van der Waals surface area contributed by atoms with Crippen molar-refractivity contribution in [3.8, 4) is 0 Å². The minimum Gasteiger partial charge on any atom is -0.481 e. The molecule has 2 aromatic rings. The van der Waals surface area contributed by atoms with Crippen molar-refractivity contribution in [1.82, 2.24) is 10.2 Å². The van der Waals surface area contributed by atoms with Gasteiger partial charge in [0.1, 0.15) is 0 Å². The number of hydrogen-bond acceptors (Lipinski definition) is 5. The fourth-order valence-electron chi connectivity index (χ4n) is 3.11. The van der Waals surface area contributed by atoms with Gasteiger partial charge in [-0.15, -0.1) is 10.2 Å². The van der Waals surface area contributed by atoms with Crippen LogP contribution in [0.2, 0.25) is 0 Å². The van der Waals surface area contributed by atoms with E-state index in [1.807, 2.05) is 36.1 Å². The van der Waals surface area contributed by atoms with Crippen molar-refractivity contribution in [2.45, 2.75) is 26.2 Å². The number of carboxylic acids is 1. The van der Waals surface area contributed by atoms with Gasteiger partial charge in [0.15, 0.2) is 11.6 Å². The van der Waals surface area contributed by atoms with E-state index in [0.717, 1.165) is 11.1 Å². The van der Waals surface area contributed by atoms with Crippen molar-refractivity contribution in [3.05, 3.63) is 47.5 Å². The summed E-state index contributed by atoms with van der Waals surface area (Å²) in [5.74, 6) is -0.0425. The van der Waals surface area contributed by atoms with Gasteiger partial charge in [0.2, 0.25) is 5.91 Å². The first-order valence-electron chi connectivity index (χ1n) is 8.68. The number of anilines is 2. The largest absolute Gasteiger partial charge is 0.481 e. The molecule has 1 aliphatic heterocycles. The van der Waals surface area contributed by atoms with E-state index in [9.17, 15) is 9.59 Å². The summed E-state index contributed by atoms with van der Waals surface area (Å²) in [4.78, 5) is 25.2. The molecule has 0 spiro atoms. The molecule has 1 aliphatic rings. The van der Waals surface area contributed by atoms with Crippen molar-refractivity contribution in [3.63, 3.8) is 0 Å². The zero-order chi connectivity index (χ0) is 18.5. The monoisotopic (exact) mass is 354 g/mol. The van der Waals surface area contributed by atoms with E-state index in [0.29, 0.717) is 37.6 Å². The van der Waals surface area contributed by atoms with Crippen LogP contribution in [0.1, 0.15) is 24.0 Å². The Hall–Kier alpha value is -2.96. The average Bonchev–Trinajstić information content (AvgIpc) is 2.62. The number of aromatic nitrogens is 2. The Labute approximate surface area is 152 Å². The summed E-state index contributed by atoms with van der Waals surface area (Å²) >= 11 is 0. The molecule has 0 saturated carbocycles. The molecule has 1 amide bonds. The van der Waals surface area contributed by atoms with Gasteiger partial charge in [-0.25, -0.2) is 0 Å². The highest BCUT2D eigenvalue weighted by atomic mass is 16.4. The molecule has 0 bridgehead atoms. The van der Waals surface area contributed by atoms with Crippen LogP contribution in [0.15, 0.2) is 36.4 Å². The highest BCUT2D eigenvalue weighted by molar-refractivity contribution is 5.91. The lowest BCUT2D eigenvalue weighted by atomic mass is 9.97. The molecule has 1 aromatic carbocycles. The van der Waals surface area contributed by atoms with Gasteiger partial charge in [0, 0.05) is 13.1 Å². The SMILES string of the molecule is Cc1cccc(CC(=O)Nc2ccc(N3CCC(C(=O)O)CC3)nn2)c1. The fourth-order valence-corrected chi connectivity index (χ4v) is 3.11. The van der Waals surface area contributed by atoms with Crippen molar-refractivity contribution in [2.24, 2.45) is 5.92 Å². The van der Waals surface area contributed by atoms with E-state index in [-0.39, 0.29) is 18.2 Å². The van der Waals surface area contributed by atoms with Gasteiger partial charge in [-0.05, 0) is 37.5 Å². The number of aryl methyl sites for hydroxylation is 1. The van der Waals surface area contributed by atoms with Crippen molar-refractivity contribution < 1.29 is 14.7 Å². The third-order valence-electron chi connectivity index (χ3n) is 4.53. The van der Waals surface area contributed by atoms with Crippen molar-refractivity contribution in [2.75, 3.05) is 23.3 Å². The Bertz CT molecular complexity index is 784. The summed E-state index contributed by atoms with van der Waals surface area (Å²) in [6.45, 7) is 3.28. The normalized spacial score (nSPS) is 14.9. The van der Waals surface area contributed by atoms with Gasteiger partial charge in [0.05, 0.1) is 12.3 Å². The second-order valence-corrected chi connectivity index (χ2v) is 6.59. The second kappa shape index (κ2) is 7.95. The molecule has 7 nitrogen and oxygen atoms in total. The van der Waals surface area contributed by atoms with Gasteiger partial charge < -0.3 is 15.3 Å². The topological polar surface area (TPSA) is 95.4 Å². The number of carboxylic acid groups (broad SMARTS) is 1. The van der Waals surface area contributed by atoms with Crippen LogP contribution in [-0.2, 0) is 16.0 Å². The fraction of sp³-hybridized carbons (Fsp3) is 0.368. The molecule has 0 radical (unpaired) electrons. The summed E-state index contributed by atoms with van der Waals surface area (Å²) < 4.78 is 0. The first-order valence-corrected chi connectivity index (χ1v) is 8.68. The van der Waals surface area contributed by atoms with Crippen LogP contribution in [0.4, 0.5) is 11.6 Å². The number of nitrogens with zero attached hydrogens (tertiary/aromatic N) is 3. The number of benzene rings is 1. The molecule has 2 N–H and O–H groups in total. The van der Waals surface area contributed by atoms with E-state index in [1.54, 1.807) is 12.1 Å². The lowest BCUT2D eigenvalue weighted by Crippen LogP contribution is -2.36. The van der Waals surface area contributed by atoms with Gasteiger partial charge in [-0.1, -0.05) is 29.8 Å². The Morgan fingerprint density at radius 1 is 1.19 bits per heavy atom. The molecule has 3 rings (SSSR count). The molecule has 1 fully saturated rings. The molecule has 136 valence electrons. The van der Waals surface area contributed by atoms with Crippen LogP contribution >= 0.6 is 0 Å². The van der Waals surface area contributed by atoms with E-state index < -0.39 is 5.97 Å². The molecule has 1 aromatic heterocycles. The van der Waals surface area contributed by atoms with Crippen LogP contribution in [0.25, 0.3) is 0 Å². The van der Waals surface area contributed by atoms with Crippen LogP contribution in [0.3, 0.4) is 0 Å². The number of carbonyl (C=O) groups is 2. The first kappa shape index (κ1) is 17.8. The van der Waals surface area contributed by atoms with Crippen LogP contribution in [0.5, 0.6) is 0 Å². The van der Waals surface area contributed by atoms with Crippen LogP contribution < -0.4 is 10.2 Å². The highest BCUT2D eigenvalue weighted by Crippen LogP contribution is 2.22. The predicted octanol–water partition coefficient (Wildman–Crippen LogP) is 2.27. The van der Waals surface area contributed by atoms with E-state index in [4.69, 9.17) is 5.11 Å². The number of aliphatic carboxylic acids is 1. The maximum absolute atomic E-state index is 12.1. The van der Waals surface area contributed by atoms with Gasteiger partial charge in [-0.3, -0.25) is 9.59 Å². The number of hydrogen-bond donors (Lipinski definition) is 2. The Balaban J connectivity index is 1.54. The average molecular weight is 354 g/mol. The summed E-state index contributed by atoms with van der Waals surface area (Å²) in [6.07, 6.45) is 1.49. The molecule has 0 atom stereocenters. The molecular formula is C19H22N4O3. The van der Waals surface area contributed by atoms with Gasteiger partial charge in [0.25, 0.3) is 0 Å². The minimum atomic E-state index is -0.734. The number of rotatable bonds is 5. The summed E-state index contributed by atoms with van der Waals surface area (Å²) in [5, 5.41) is 20.0. The zero-order valence-electron chi connectivity index (χ0n) is 14.7. The maximum Gasteiger partial charge on any atom is 0.306 e. The number of nitrogens with one attached hydrogen (secondary N) is 1.